The number of rotatable bonds is 3. The van der Waals surface area contributed by atoms with Crippen LogP contribution in [0, 0.1) is 0 Å². The summed E-state index contributed by atoms with van der Waals surface area (Å²) in [6, 6.07) is 2.17. The van der Waals surface area contributed by atoms with Crippen LogP contribution in [0.25, 0.3) is 5.82 Å². The summed E-state index contributed by atoms with van der Waals surface area (Å²) < 4.78 is 38.8. The molecule has 7 nitrogen and oxygen atoms in total. The van der Waals surface area contributed by atoms with Crippen LogP contribution >= 0.6 is 24.8 Å². The SMILES string of the molecule is CN(C(=O)c1cn(-c2ccc(C(F)(F)F)cn2)nn1)C1CCNC1.Cl.Cl. The molecule has 1 atom stereocenters. The number of hydrogen-bond donors (Lipinski definition) is 1. The molecule has 1 fully saturated rings. The van der Waals surface area contributed by atoms with Crippen molar-refractivity contribution in [3.05, 3.63) is 35.8 Å². The lowest BCUT2D eigenvalue weighted by Crippen LogP contribution is -2.38. The second kappa shape index (κ2) is 8.65. The first-order chi connectivity index (χ1) is 11.4. The highest BCUT2D eigenvalue weighted by Crippen LogP contribution is 2.28. The fourth-order valence-corrected chi connectivity index (χ4v) is 2.48. The number of hydrogen-bond acceptors (Lipinski definition) is 5. The molecule has 1 amide bonds. The standard InChI is InChI=1S/C14H15F3N6O.2ClH/c1-22(10-4-5-18-7-10)13(24)11-8-23(21-20-11)12-3-2-9(6-19-12)14(15,16)17;;/h2-3,6,8,10,18H,4-5,7H2,1H3;2*1H. The van der Waals surface area contributed by atoms with Gasteiger partial charge in [-0.3, -0.25) is 4.79 Å². The van der Waals surface area contributed by atoms with E-state index in [0.29, 0.717) is 0 Å². The Kier molecular flexibility index (Phi) is 7.36. The van der Waals surface area contributed by atoms with Crippen molar-refractivity contribution in [1.82, 2.24) is 30.2 Å². The van der Waals surface area contributed by atoms with Crippen molar-refractivity contribution in [2.45, 2.75) is 18.6 Å². The number of halogens is 5. The normalized spacial score (nSPS) is 16.5. The molecule has 1 aliphatic heterocycles. The second-order valence-electron chi connectivity index (χ2n) is 5.51. The Balaban J connectivity index is 0.00000169. The third-order valence-electron chi connectivity index (χ3n) is 3.92. The Morgan fingerprint density at radius 3 is 2.62 bits per heavy atom. The van der Waals surface area contributed by atoms with Gasteiger partial charge in [0.25, 0.3) is 5.91 Å². The molecule has 0 aliphatic carbocycles. The summed E-state index contributed by atoms with van der Waals surface area (Å²) >= 11 is 0. The largest absolute Gasteiger partial charge is 0.417 e. The minimum atomic E-state index is -4.45. The topological polar surface area (TPSA) is 75.9 Å². The van der Waals surface area contributed by atoms with Crippen molar-refractivity contribution in [3.63, 3.8) is 0 Å². The minimum Gasteiger partial charge on any atom is -0.336 e. The summed E-state index contributed by atoms with van der Waals surface area (Å²) in [7, 11) is 1.69. The van der Waals surface area contributed by atoms with E-state index in [2.05, 4.69) is 20.6 Å². The number of carbonyl (C=O) groups is 1. The first-order valence-corrected chi connectivity index (χ1v) is 7.30. The van der Waals surface area contributed by atoms with Crippen LogP contribution in [0.3, 0.4) is 0 Å². The van der Waals surface area contributed by atoms with Gasteiger partial charge >= 0.3 is 6.18 Å². The minimum absolute atomic E-state index is 0. The van der Waals surface area contributed by atoms with Gasteiger partial charge in [-0.25, -0.2) is 9.67 Å². The molecule has 2 aromatic heterocycles. The zero-order valence-corrected chi connectivity index (χ0v) is 15.2. The number of nitrogens with one attached hydrogen (secondary N) is 1. The average molecular weight is 413 g/mol. The molecular weight excluding hydrogens is 396 g/mol. The first-order valence-electron chi connectivity index (χ1n) is 7.30. The van der Waals surface area contributed by atoms with Crippen LogP contribution in [0.5, 0.6) is 0 Å². The molecule has 3 rings (SSSR count). The molecule has 0 bridgehead atoms. The average Bonchev–Trinajstić information content (AvgIpc) is 3.24. The predicted octanol–water partition coefficient (Wildman–Crippen LogP) is 1.96. The molecule has 0 radical (unpaired) electrons. The maximum Gasteiger partial charge on any atom is 0.417 e. The molecule has 1 saturated heterocycles. The van der Waals surface area contributed by atoms with Gasteiger partial charge < -0.3 is 10.2 Å². The van der Waals surface area contributed by atoms with E-state index in [9.17, 15) is 18.0 Å². The zero-order chi connectivity index (χ0) is 17.3. The number of likely N-dealkylation sites (N-methyl/N-ethyl adjacent to an activating group) is 1. The van der Waals surface area contributed by atoms with E-state index in [1.54, 1.807) is 11.9 Å². The summed E-state index contributed by atoms with van der Waals surface area (Å²) in [4.78, 5) is 17.7. The smallest absolute Gasteiger partial charge is 0.336 e. The van der Waals surface area contributed by atoms with E-state index in [1.165, 1.54) is 16.9 Å². The van der Waals surface area contributed by atoms with Gasteiger partial charge in [-0.15, -0.1) is 29.9 Å². The van der Waals surface area contributed by atoms with Crippen molar-refractivity contribution < 1.29 is 18.0 Å². The van der Waals surface area contributed by atoms with E-state index < -0.39 is 11.7 Å². The Morgan fingerprint density at radius 1 is 1.35 bits per heavy atom. The summed E-state index contributed by atoms with van der Waals surface area (Å²) in [5.41, 5.74) is -0.734. The molecule has 1 N–H and O–H groups in total. The third-order valence-corrected chi connectivity index (χ3v) is 3.92. The number of aromatic nitrogens is 4. The van der Waals surface area contributed by atoms with Crippen LogP contribution < -0.4 is 5.32 Å². The van der Waals surface area contributed by atoms with E-state index in [-0.39, 0.29) is 48.3 Å². The quantitative estimate of drug-likeness (QED) is 0.833. The van der Waals surface area contributed by atoms with Crippen LogP contribution in [0.2, 0.25) is 0 Å². The first kappa shape index (κ1) is 22.1. The molecule has 1 aliphatic rings. The molecule has 3 heterocycles. The van der Waals surface area contributed by atoms with Gasteiger partial charge in [-0.2, -0.15) is 13.2 Å². The summed E-state index contributed by atoms with van der Waals surface area (Å²) in [5.74, 6) is -0.137. The third kappa shape index (κ3) is 4.63. The Hall–Kier alpha value is -1.91. The molecule has 26 heavy (non-hydrogen) atoms. The highest BCUT2D eigenvalue weighted by Gasteiger charge is 2.31. The highest BCUT2D eigenvalue weighted by molar-refractivity contribution is 5.92. The van der Waals surface area contributed by atoms with Gasteiger partial charge in [0, 0.05) is 25.8 Å². The van der Waals surface area contributed by atoms with E-state index in [4.69, 9.17) is 0 Å². The summed E-state index contributed by atoms with van der Waals surface area (Å²) in [6.07, 6.45) is -1.52. The van der Waals surface area contributed by atoms with E-state index in [0.717, 1.165) is 31.8 Å². The van der Waals surface area contributed by atoms with Gasteiger partial charge in [0.15, 0.2) is 11.5 Å². The lowest BCUT2D eigenvalue weighted by molar-refractivity contribution is -0.137. The van der Waals surface area contributed by atoms with Crippen molar-refractivity contribution in [2.24, 2.45) is 0 Å². The maximum absolute atomic E-state index is 12.5. The molecule has 144 valence electrons. The lowest BCUT2D eigenvalue weighted by Gasteiger charge is -2.22. The summed E-state index contributed by atoms with van der Waals surface area (Å²) in [6.45, 7) is 1.57. The van der Waals surface area contributed by atoms with Gasteiger partial charge in [0.1, 0.15) is 0 Å². The van der Waals surface area contributed by atoms with Crippen LogP contribution in [0.1, 0.15) is 22.5 Å². The molecular formula is C14H17Cl2F3N6O. The fraction of sp³-hybridized carbons (Fsp3) is 0.429. The van der Waals surface area contributed by atoms with Gasteiger partial charge in [0.2, 0.25) is 0 Å². The maximum atomic E-state index is 12.5. The summed E-state index contributed by atoms with van der Waals surface area (Å²) in [5, 5.41) is 10.7. The molecule has 0 spiro atoms. The second-order valence-corrected chi connectivity index (χ2v) is 5.51. The fourth-order valence-electron chi connectivity index (χ4n) is 2.48. The van der Waals surface area contributed by atoms with Crippen molar-refractivity contribution in [2.75, 3.05) is 20.1 Å². The molecule has 0 saturated carbocycles. The Labute approximate surface area is 159 Å². The number of alkyl halides is 3. The van der Waals surface area contributed by atoms with Crippen LogP contribution in [0.4, 0.5) is 13.2 Å². The van der Waals surface area contributed by atoms with Crippen LogP contribution in [-0.2, 0) is 6.18 Å². The van der Waals surface area contributed by atoms with Gasteiger partial charge in [-0.1, -0.05) is 5.21 Å². The van der Waals surface area contributed by atoms with Crippen LogP contribution in [-0.4, -0.2) is 57.0 Å². The zero-order valence-electron chi connectivity index (χ0n) is 13.6. The monoisotopic (exact) mass is 412 g/mol. The predicted molar refractivity (Wildman–Crippen MR) is 92.0 cm³/mol. The number of amides is 1. The van der Waals surface area contributed by atoms with Crippen molar-refractivity contribution >= 4 is 30.7 Å². The number of pyridine rings is 1. The number of carbonyl (C=O) groups excluding carboxylic acids is 1. The molecule has 1 unspecified atom stereocenters. The van der Waals surface area contributed by atoms with E-state index >= 15 is 0 Å². The Bertz CT molecular complexity index is 731. The van der Waals surface area contributed by atoms with Crippen molar-refractivity contribution in [1.29, 1.82) is 0 Å². The Morgan fingerprint density at radius 2 is 2.08 bits per heavy atom. The number of nitrogens with zero attached hydrogens (tertiary/aromatic N) is 5. The van der Waals surface area contributed by atoms with Gasteiger partial charge in [0.05, 0.1) is 11.8 Å². The van der Waals surface area contributed by atoms with Crippen molar-refractivity contribution in [3.8, 4) is 5.82 Å². The highest BCUT2D eigenvalue weighted by atomic mass is 35.5. The molecule has 0 aromatic carbocycles. The molecule has 12 heteroatoms. The van der Waals surface area contributed by atoms with Crippen LogP contribution in [0.15, 0.2) is 24.5 Å². The van der Waals surface area contributed by atoms with Gasteiger partial charge in [-0.05, 0) is 25.1 Å². The van der Waals surface area contributed by atoms with E-state index in [1.807, 2.05) is 0 Å². The lowest BCUT2D eigenvalue weighted by atomic mass is 10.2. The molecule has 2 aromatic rings.